The van der Waals surface area contributed by atoms with Crippen molar-refractivity contribution in [3.05, 3.63) is 34.1 Å². The average Bonchev–Trinajstić information content (AvgIpc) is 2.73. The van der Waals surface area contributed by atoms with Crippen molar-refractivity contribution in [3.8, 4) is 11.8 Å². The van der Waals surface area contributed by atoms with Gasteiger partial charge in [0.2, 0.25) is 5.82 Å². The molecule has 0 aliphatic carbocycles. The van der Waals surface area contributed by atoms with Crippen LogP contribution in [0.2, 0.25) is 0 Å². The van der Waals surface area contributed by atoms with Crippen molar-refractivity contribution in [2.45, 2.75) is 6.61 Å². The molecule has 7 heteroatoms. The number of nitrogens with zero attached hydrogens (tertiary/aromatic N) is 5. The Kier molecular flexibility index (Phi) is 3.35. The first kappa shape index (κ1) is 11.5. The predicted octanol–water partition coefficient (Wildman–Crippen LogP) is 1.42. The second-order valence-corrected chi connectivity index (χ2v) is 4.15. The van der Waals surface area contributed by atoms with Crippen molar-refractivity contribution in [2.75, 3.05) is 0 Å². The zero-order valence-corrected chi connectivity index (χ0v) is 10.5. The first-order valence-electron chi connectivity index (χ1n) is 4.74. The molecule has 0 N–H and O–H groups in total. The van der Waals surface area contributed by atoms with Crippen molar-refractivity contribution in [3.63, 3.8) is 0 Å². The molecule has 1 aromatic heterocycles. The monoisotopic (exact) mass is 293 g/mol. The van der Waals surface area contributed by atoms with Gasteiger partial charge in [0.15, 0.2) is 6.61 Å². The Bertz CT molecular complexity index is 574. The summed E-state index contributed by atoms with van der Waals surface area (Å²) in [6, 6.07) is 7.28. The van der Waals surface area contributed by atoms with Crippen LogP contribution in [0, 0.1) is 11.3 Å². The lowest BCUT2D eigenvalue weighted by Gasteiger charge is -2.05. The highest BCUT2D eigenvalue weighted by molar-refractivity contribution is 9.10. The Morgan fingerprint density at radius 1 is 1.53 bits per heavy atom. The van der Waals surface area contributed by atoms with Gasteiger partial charge in [-0.2, -0.15) is 10.1 Å². The van der Waals surface area contributed by atoms with Crippen LogP contribution >= 0.6 is 15.9 Å². The van der Waals surface area contributed by atoms with E-state index in [1.54, 1.807) is 25.2 Å². The molecule has 0 saturated heterocycles. The van der Waals surface area contributed by atoms with Gasteiger partial charge in [-0.05, 0) is 23.4 Å². The topological polar surface area (TPSA) is 76.6 Å². The molecule has 2 aromatic rings. The van der Waals surface area contributed by atoms with Crippen LogP contribution in [0.5, 0.6) is 5.75 Å². The van der Waals surface area contributed by atoms with E-state index in [0.29, 0.717) is 17.1 Å². The molecule has 17 heavy (non-hydrogen) atoms. The zero-order valence-electron chi connectivity index (χ0n) is 8.96. The summed E-state index contributed by atoms with van der Waals surface area (Å²) in [5.41, 5.74) is 0.461. The standard InChI is InChI=1S/C10H8BrN5O/c1-16-14-10(13-15-16)6-17-9-3-2-8(11)4-7(9)5-12/h2-4H,6H2,1H3. The lowest BCUT2D eigenvalue weighted by molar-refractivity contribution is 0.294. The minimum atomic E-state index is 0.185. The predicted molar refractivity (Wildman–Crippen MR) is 62.0 cm³/mol. The number of hydrogen-bond donors (Lipinski definition) is 0. The van der Waals surface area contributed by atoms with Gasteiger partial charge in [-0.3, -0.25) is 0 Å². The number of benzene rings is 1. The normalized spacial score (nSPS) is 9.94. The second-order valence-electron chi connectivity index (χ2n) is 3.24. The van der Waals surface area contributed by atoms with Gasteiger partial charge in [0.25, 0.3) is 0 Å². The third-order valence-corrected chi connectivity index (χ3v) is 2.46. The van der Waals surface area contributed by atoms with Crippen molar-refractivity contribution in [2.24, 2.45) is 7.05 Å². The van der Waals surface area contributed by atoms with E-state index in [9.17, 15) is 0 Å². The maximum absolute atomic E-state index is 8.95. The highest BCUT2D eigenvalue weighted by Gasteiger charge is 2.06. The summed E-state index contributed by atoms with van der Waals surface area (Å²) in [6.45, 7) is 0.185. The van der Waals surface area contributed by atoms with Crippen LogP contribution in [0.4, 0.5) is 0 Å². The largest absolute Gasteiger partial charge is 0.484 e. The number of tetrazole rings is 1. The molecule has 6 nitrogen and oxygen atoms in total. The molecule has 0 amide bonds. The number of aromatic nitrogens is 4. The number of nitriles is 1. The Labute approximate surface area is 106 Å². The number of rotatable bonds is 3. The third kappa shape index (κ3) is 2.79. The quantitative estimate of drug-likeness (QED) is 0.855. The van der Waals surface area contributed by atoms with Crippen LogP contribution in [0.1, 0.15) is 11.4 Å². The van der Waals surface area contributed by atoms with E-state index >= 15 is 0 Å². The Morgan fingerprint density at radius 3 is 3.00 bits per heavy atom. The van der Waals surface area contributed by atoms with Crippen LogP contribution in [0.15, 0.2) is 22.7 Å². The van der Waals surface area contributed by atoms with Gasteiger partial charge >= 0.3 is 0 Å². The number of aryl methyl sites for hydroxylation is 1. The maximum atomic E-state index is 8.95. The first-order chi connectivity index (χ1) is 8.19. The van der Waals surface area contributed by atoms with E-state index < -0.39 is 0 Å². The minimum Gasteiger partial charge on any atom is -0.484 e. The van der Waals surface area contributed by atoms with Crippen LogP contribution in [0.3, 0.4) is 0 Å². The lowest BCUT2D eigenvalue weighted by Crippen LogP contribution is -2.00. The Morgan fingerprint density at radius 2 is 2.35 bits per heavy atom. The molecule has 0 bridgehead atoms. The van der Waals surface area contributed by atoms with Crippen molar-refractivity contribution in [1.29, 1.82) is 5.26 Å². The number of ether oxygens (including phenoxy) is 1. The van der Waals surface area contributed by atoms with E-state index in [4.69, 9.17) is 10.00 Å². The summed E-state index contributed by atoms with van der Waals surface area (Å²) < 4.78 is 6.29. The minimum absolute atomic E-state index is 0.185. The fourth-order valence-electron chi connectivity index (χ4n) is 1.24. The van der Waals surface area contributed by atoms with E-state index in [1.165, 1.54) is 4.80 Å². The van der Waals surface area contributed by atoms with Crippen LogP contribution in [-0.2, 0) is 13.7 Å². The molecular formula is C10H8BrN5O. The summed E-state index contributed by atoms with van der Waals surface area (Å²) >= 11 is 3.29. The Hall–Kier alpha value is -1.94. The van der Waals surface area contributed by atoms with E-state index in [0.717, 1.165) is 4.47 Å². The summed E-state index contributed by atoms with van der Waals surface area (Å²) in [7, 11) is 1.68. The number of hydrogen-bond acceptors (Lipinski definition) is 5. The molecule has 0 aliphatic heterocycles. The van der Waals surface area contributed by atoms with E-state index in [2.05, 4.69) is 37.4 Å². The summed E-state index contributed by atoms with van der Waals surface area (Å²) in [5.74, 6) is 0.975. The van der Waals surface area contributed by atoms with Gasteiger partial charge in [0.05, 0.1) is 12.6 Å². The molecule has 0 radical (unpaired) electrons. The summed E-state index contributed by atoms with van der Waals surface area (Å²) in [5, 5.41) is 20.4. The molecule has 0 unspecified atom stereocenters. The van der Waals surface area contributed by atoms with Gasteiger partial charge in [0.1, 0.15) is 11.8 Å². The van der Waals surface area contributed by atoms with Crippen LogP contribution < -0.4 is 4.74 Å². The lowest BCUT2D eigenvalue weighted by atomic mass is 10.2. The number of halogens is 1. The fourth-order valence-corrected chi connectivity index (χ4v) is 1.60. The highest BCUT2D eigenvalue weighted by Crippen LogP contribution is 2.22. The van der Waals surface area contributed by atoms with E-state index in [1.807, 2.05) is 0 Å². The molecule has 1 heterocycles. The van der Waals surface area contributed by atoms with Crippen molar-refractivity contribution >= 4 is 15.9 Å². The van der Waals surface area contributed by atoms with Crippen molar-refractivity contribution in [1.82, 2.24) is 20.2 Å². The summed E-state index contributed by atoms with van der Waals surface area (Å²) in [6.07, 6.45) is 0. The van der Waals surface area contributed by atoms with E-state index in [-0.39, 0.29) is 6.61 Å². The zero-order chi connectivity index (χ0) is 12.3. The van der Waals surface area contributed by atoms with Crippen LogP contribution in [0.25, 0.3) is 0 Å². The maximum Gasteiger partial charge on any atom is 0.212 e. The molecule has 0 fully saturated rings. The van der Waals surface area contributed by atoms with Gasteiger partial charge in [-0.25, -0.2) is 0 Å². The Balaban J connectivity index is 2.12. The van der Waals surface area contributed by atoms with Crippen LogP contribution in [-0.4, -0.2) is 20.2 Å². The van der Waals surface area contributed by atoms with Gasteiger partial charge in [-0.1, -0.05) is 15.9 Å². The third-order valence-electron chi connectivity index (χ3n) is 1.97. The molecule has 86 valence electrons. The summed E-state index contributed by atoms with van der Waals surface area (Å²) in [4.78, 5) is 1.35. The highest BCUT2D eigenvalue weighted by atomic mass is 79.9. The molecular weight excluding hydrogens is 286 g/mol. The molecule has 0 spiro atoms. The first-order valence-corrected chi connectivity index (χ1v) is 5.53. The smallest absolute Gasteiger partial charge is 0.212 e. The average molecular weight is 294 g/mol. The SMILES string of the molecule is Cn1nnc(COc2ccc(Br)cc2C#N)n1. The molecule has 0 atom stereocenters. The molecule has 2 rings (SSSR count). The van der Waals surface area contributed by atoms with Gasteiger partial charge in [-0.15, -0.1) is 10.2 Å². The van der Waals surface area contributed by atoms with Gasteiger partial charge < -0.3 is 4.74 Å². The second kappa shape index (κ2) is 4.93. The molecule has 0 aliphatic rings. The molecule has 1 aromatic carbocycles. The fraction of sp³-hybridized carbons (Fsp3) is 0.200. The molecule has 0 saturated carbocycles. The van der Waals surface area contributed by atoms with Crippen molar-refractivity contribution < 1.29 is 4.74 Å². The van der Waals surface area contributed by atoms with Gasteiger partial charge in [0, 0.05) is 4.47 Å².